The van der Waals surface area contributed by atoms with Gasteiger partial charge in [-0.05, 0) is 36.2 Å². The van der Waals surface area contributed by atoms with Gasteiger partial charge in [-0.2, -0.15) is 0 Å². The largest absolute Gasteiger partial charge is 0.332 e. The minimum atomic E-state index is -0.383. The number of rotatable bonds is 6. The lowest BCUT2D eigenvalue weighted by atomic mass is 10.1. The molecule has 0 bridgehead atoms. The number of nitrogens with one attached hydrogen (secondary N) is 3. The first-order valence-electron chi connectivity index (χ1n) is 8.88. The van der Waals surface area contributed by atoms with Gasteiger partial charge in [-0.1, -0.05) is 35.9 Å². The van der Waals surface area contributed by atoms with Gasteiger partial charge in [0, 0.05) is 35.3 Å². The molecule has 1 saturated heterocycles. The molecular formula is C20H21ClFN3O2S. The highest BCUT2D eigenvalue weighted by Crippen LogP contribution is 2.24. The van der Waals surface area contributed by atoms with Gasteiger partial charge in [0.05, 0.1) is 0 Å². The monoisotopic (exact) mass is 421 g/mol. The number of carbonyl (C=O) groups is 2. The summed E-state index contributed by atoms with van der Waals surface area (Å²) in [4.78, 5) is 24.4. The van der Waals surface area contributed by atoms with Crippen molar-refractivity contribution in [1.29, 1.82) is 0 Å². The number of halogens is 2. The zero-order chi connectivity index (χ0) is 20.1. The maximum absolute atomic E-state index is 13.8. The predicted octanol–water partition coefficient (Wildman–Crippen LogP) is 3.81. The van der Waals surface area contributed by atoms with E-state index < -0.39 is 0 Å². The smallest absolute Gasteiger partial charge is 0.225 e. The van der Waals surface area contributed by atoms with Crippen molar-refractivity contribution in [3.8, 4) is 0 Å². The van der Waals surface area contributed by atoms with E-state index in [0.717, 1.165) is 5.56 Å². The molecule has 0 aliphatic carbocycles. The standard InChI is InChI=1S/C20H21ClFN3O2S/c1-12-15(21)6-4-8-17(12)24-18(26)9-14-10-19(27)25-20(23-14)28-11-13-5-2-3-7-16(13)22/h2-8,14,20,23H,9-11H2,1H3,(H,24,26)(H,25,27). The third-order valence-electron chi connectivity index (χ3n) is 4.45. The Labute approximate surface area is 172 Å². The Hall–Kier alpha value is -2.09. The van der Waals surface area contributed by atoms with Gasteiger partial charge >= 0.3 is 0 Å². The lowest BCUT2D eigenvalue weighted by Crippen LogP contribution is -2.55. The van der Waals surface area contributed by atoms with Crippen molar-refractivity contribution in [1.82, 2.24) is 10.6 Å². The molecule has 2 amide bonds. The molecule has 3 rings (SSSR count). The Morgan fingerprint density at radius 2 is 2.07 bits per heavy atom. The number of hydrogen-bond donors (Lipinski definition) is 3. The van der Waals surface area contributed by atoms with Crippen LogP contribution in [0, 0.1) is 12.7 Å². The number of thioether (sulfide) groups is 1. The van der Waals surface area contributed by atoms with Crippen molar-refractivity contribution in [3.63, 3.8) is 0 Å². The van der Waals surface area contributed by atoms with Crippen molar-refractivity contribution < 1.29 is 14.0 Å². The first-order valence-corrected chi connectivity index (χ1v) is 10.3. The Morgan fingerprint density at radius 3 is 2.86 bits per heavy atom. The fraction of sp³-hybridized carbons (Fsp3) is 0.300. The molecule has 8 heteroatoms. The van der Waals surface area contributed by atoms with E-state index in [4.69, 9.17) is 11.6 Å². The van der Waals surface area contributed by atoms with Gasteiger partial charge in [0.1, 0.15) is 11.3 Å². The first kappa shape index (κ1) is 20.6. The summed E-state index contributed by atoms with van der Waals surface area (Å²) in [6.45, 7) is 1.83. The molecule has 2 aromatic rings. The van der Waals surface area contributed by atoms with Crippen LogP contribution in [0.25, 0.3) is 0 Å². The number of carbonyl (C=O) groups excluding carboxylic acids is 2. The number of amides is 2. The second-order valence-electron chi connectivity index (χ2n) is 6.58. The van der Waals surface area contributed by atoms with E-state index >= 15 is 0 Å². The minimum absolute atomic E-state index is 0.137. The van der Waals surface area contributed by atoms with E-state index in [2.05, 4.69) is 16.0 Å². The van der Waals surface area contributed by atoms with E-state index in [9.17, 15) is 14.0 Å². The van der Waals surface area contributed by atoms with E-state index in [1.165, 1.54) is 17.8 Å². The van der Waals surface area contributed by atoms with Crippen LogP contribution in [-0.2, 0) is 15.3 Å². The average Bonchev–Trinajstić information content (AvgIpc) is 2.64. The minimum Gasteiger partial charge on any atom is -0.332 e. The molecule has 2 aromatic carbocycles. The van der Waals surface area contributed by atoms with Crippen molar-refractivity contribution in [3.05, 3.63) is 64.4 Å². The molecule has 1 heterocycles. The summed E-state index contributed by atoms with van der Waals surface area (Å²) in [7, 11) is 0. The highest BCUT2D eigenvalue weighted by molar-refractivity contribution is 7.99. The van der Waals surface area contributed by atoms with Crippen LogP contribution < -0.4 is 16.0 Å². The highest BCUT2D eigenvalue weighted by Gasteiger charge is 2.28. The summed E-state index contributed by atoms with van der Waals surface area (Å²) in [5.41, 5.74) is 1.64. The van der Waals surface area contributed by atoms with Crippen LogP contribution in [0.1, 0.15) is 24.0 Å². The van der Waals surface area contributed by atoms with Crippen LogP contribution in [-0.4, -0.2) is 23.4 Å². The molecule has 1 aliphatic rings. The van der Waals surface area contributed by atoms with Gasteiger partial charge in [0.15, 0.2) is 0 Å². The molecule has 0 spiro atoms. The summed E-state index contributed by atoms with van der Waals surface area (Å²) >= 11 is 7.45. The van der Waals surface area contributed by atoms with E-state index in [0.29, 0.717) is 22.0 Å². The third-order valence-corrected chi connectivity index (χ3v) is 5.92. The number of hydrogen-bond acceptors (Lipinski definition) is 4. The van der Waals surface area contributed by atoms with Crippen LogP contribution in [0.3, 0.4) is 0 Å². The summed E-state index contributed by atoms with van der Waals surface area (Å²) in [6.07, 6.45) is 0.356. The molecule has 5 nitrogen and oxygen atoms in total. The SMILES string of the molecule is Cc1c(Cl)cccc1NC(=O)CC1CC(=O)NC(SCc2ccccc2F)N1. The van der Waals surface area contributed by atoms with Crippen LogP contribution in [0.15, 0.2) is 42.5 Å². The maximum Gasteiger partial charge on any atom is 0.225 e. The van der Waals surface area contributed by atoms with Gasteiger partial charge < -0.3 is 10.6 Å². The second kappa shape index (κ2) is 9.41. The van der Waals surface area contributed by atoms with Gasteiger partial charge in [-0.3, -0.25) is 14.9 Å². The van der Waals surface area contributed by atoms with Crippen molar-refractivity contribution in [2.75, 3.05) is 5.32 Å². The van der Waals surface area contributed by atoms with Crippen molar-refractivity contribution in [2.24, 2.45) is 0 Å². The van der Waals surface area contributed by atoms with E-state index in [1.54, 1.807) is 36.4 Å². The molecule has 0 saturated carbocycles. The van der Waals surface area contributed by atoms with E-state index in [1.807, 2.05) is 6.92 Å². The number of anilines is 1. The van der Waals surface area contributed by atoms with Crippen LogP contribution >= 0.6 is 23.4 Å². The fourth-order valence-electron chi connectivity index (χ4n) is 2.92. The van der Waals surface area contributed by atoms with Crippen molar-refractivity contribution in [2.45, 2.75) is 37.1 Å². The number of benzene rings is 2. The fourth-order valence-corrected chi connectivity index (χ4v) is 4.18. The average molecular weight is 422 g/mol. The van der Waals surface area contributed by atoms with Gasteiger partial charge in [0.2, 0.25) is 11.8 Å². The molecule has 0 radical (unpaired) electrons. The Morgan fingerprint density at radius 1 is 1.29 bits per heavy atom. The third kappa shape index (κ3) is 5.47. The van der Waals surface area contributed by atoms with Gasteiger partial charge in [-0.25, -0.2) is 4.39 Å². The normalized spacial score (nSPS) is 19.2. The summed E-state index contributed by atoms with van der Waals surface area (Å²) in [5, 5.41) is 9.48. The zero-order valence-electron chi connectivity index (χ0n) is 15.3. The van der Waals surface area contributed by atoms with Gasteiger partial charge in [-0.15, -0.1) is 11.8 Å². The summed E-state index contributed by atoms with van der Waals surface area (Å²) in [6, 6.07) is 11.6. The Kier molecular flexibility index (Phi) is 6.93. The summed E-state index contributed by atoms with van der Waals surface area (Å²) < 4.78 is 13.8. The summed E-state index contributed by atoms with van der Waals surface area (Å²) in [5.74, 6) is -0.201. The highest BCUT2D eigenvalue weighted by atomic mass is 35.5. The molecule has 148 valence electrons. The quantitative estimate of drug-likeness (QED) is 0.663. The zero-order valence-corrected chi connectivity index (χ0v) is 16.9. The van der Waals surface area contributed by atoms with Crippen molar-refractivity contribution >= 4 is 40.9 Å². The molecular weight excluding hydrogens is 401 g/mol. The molecule has 2 atom stereocenters. The molecule has 3 N–H and O–H groups in total. The maximum atomic E-state index is 13.8. The molecule has 1 fully saturated rings. The first-order chi connectivity index (χ1) is 13.4. The lowest BCUT2D eigenvalue weighted by molar-refractivity contribution is -0.124. The lowest BCUT2D eigenvalue weighted by Gasteiger charge is -2.31. The Bertz CT molecular complexity index is 880. The van der Waals surface area contributed by atoms with Crippen LogP contribution in [0.5, 0.6) is 0 Å². The van der Waals surface area contributed by atoms with Crippen LogP contribution in [0.4, 0.5) is 10.1 Å². The topological polar surface area (TPSA) is 70.2 Å². The Balaban J connectivity index is 1.55. The predicted molar refractivity (Wildman–Crippen MR) is 111 cm³/mol. The second-order valence-corrected chi connectivity index (χ2v) is 8.08. The molecule has 0 aromatic heterocycles. The molecule has 28 heavy (non-hydrogen) atoms. The molecule has 2 unspecified atom stereocenters. The van der Waals surface area contributed by atoms with Crippen LogP contribution in [0.2, 0.25) is 5.02 Å². The van der Waals surface area contributed by atoms with E-state index in [-0.39, 0.29) is 42.0 Å². The molecule has 1 aliphatic heterocycles. The van der Waals surface area contributed by atoms with Gasteiger partial charge in [0.25, 0.3) is 0 Å².